The standard InChI is InChI=1S/C37H32Cl2N4O6S/c38-26-12-7-13-27(39)36(26)31-21-40-34(50-31)20-30(44)29(19-35(47)48)42-33(46)22-43-25(18-24-10-5-2-6-11-24)15-16-28(37(43)49)41-32(45)17-14-23-8-3-1-4-9-23/h1-13,15-16,21,29H,14,17-20,22H2,(H,41,45)(H,42,46)(H,47,48)/t29-/m0/s1. The van der Waals surface area contributed by atoms with Crippen LogP contribution < -0.4 is 16.2 Å². The Morgan fingerprint density at radius 3 is 2.16 bits per heavy atom. The van der Waals surface area contributed by atoms with Crippen LogP contribution in [0.15, 0.2) is 102 Å². The molecule has 0 saturated heterocycles. The van der Waals surface area contributed by atoms with Crippen LogP contribution in [0.1, 0.15) is 34.7 Å². The Kier molecular flexibility index (Phi) is 12.3. The molecule has 0 fully saturated rings. The molecule has 0 aliphatic heterocycles. The molecular formula is C37H32Cl2N4O6S. The van der Waals surface area contributed by atoms with Crippen LogP contribution in [0.3, 0.4) is 0 Å². The number of halogens is 2. The van der Waals surface area contributed by atoms with Gasteiger partial charge in [0.1, 0.15) is 17.2 Å². The summed E-state index contributed by atoms with van der Waals surface area (Å²) in [6, 6.07) is 25.6. The van der Waals surface area contributed by atoms with Gasteiger partial charge in [-0.25, -0.2) is 4.98 Å². The first-order valence-electron chi connectivity index (χ1n) is 15.6. The average molecular weight is 732 g/mol. The Morgan fingerprint density at radius 2 is 1.50 bits per heavy atom. The van der Waals surface area contributed by atoms with Gasteiger partial charge in [-0.2, -0.15) is 0 Å². The number of anilines is 1. The molecule has 5 aromatic rings. The highest BCUT2D eigenvalue weighted by molar-refractivity contribution is 7.15. The van der Waals surface area contributed by atoms with Crippen LogP contribution in [0.25, 0.3) is 10.4 Å². The second-order valence-electron chi connectivity index (χ2n) is 11.4. The summed E-state index contributed by atoms with van der Waals surface area (Å²) in [6.45, 7) is -0.523. The van der Waals surface area contributed by atoms with Crippen LogP contribution in [0, 0.1) is 0 Å². The van der Waals surface area contributed by atoms with Crippen LogP contribution >= 0.6 is 34.5 Å². The number of carboxylic acids is 1. The minimum absolute atomic E-state index is 0.0102. The molecule has 0 bridgehead atoms. The molecule has 1 atom stereocenters. The molecule has 0 aliphatic rings. The van der Waals surface area contributed by atoms with Crippen LogP contribution in [0.4, 0.5) is 5.69 Å². The van der Waals surface area contributed by atoms with Crippen molar-refractivity contribution in [3.8, 4) is 10.4 Å². The number of nitrogens with one attached hydrogen (secondary N) is 2. The number of amides is 2. The lowest BCUT2D eigenvalue weighted by Gasteiger charge is -2.18. The third kappa shape index (κ3) is 9.75. The minimum atomic E-state index is -1.40. The average Bonchev–Trinajstić information content (AvgIpc) is 3.54. The summed E-state index contributed by atoms with van der Waals surface area (Å²) in [4.78, 5) is 69.9. The zero-order valence-electron chi connectivity index (χ0n) is 26.6. The zero-order chi connectivity index (χ0) is 35.6. The van der Waals surface area contributed by atoms with Gasteiger partial charge in [0.25, 0.3) is 5.56 Å². The lowest BCUT2D eigenvalue weighted by atomic mass is 10.1. The van der Waals surface area contributed by atoms with E-state index in [2.05, 4.69) is 15.6 Å². The number of hydrogen-bond acceptors (Lipinski definition) is 7. The molecule has 2 aromatic heterocycles. The van der Waals surface area contributed by atoms with Gasteiger partial charge in [0.15, 0.2) is 5.78 Å². The highest BCUT2D eigenvalue weighted by atomic mass is 35.5. The normalized spacial score (nSPS) is 11.5. The van der Waals surface area contributed by atoms with Crippen molar-refractivity contribution in [2.45, 2.75) is 44.7 Å². The highest BCUT2D eigenvalue weighted by Gasteiger charge is 2.26. The third-order valence-electron chi connectivity index (χ3n) is 7.74. The fraction of sp³-hybridized carbons (Fsp3) is 0.189. The molecule has 50 heavy (non-hydrogen) atoms. The van der Waals surface area contributed by atoms with Crippen LogP contribution in [-0.2, 0) is 45.0 Å². The molecule has 0 radical (unpaired) electrons. The van der Waals surface area contributed by atoms with Gasteiger partial charge >= 0.3 is 5.97 Å². The van der Waals surface area contributed by atoms with Gasteiger partial charge in [-0.05, 0) is 41.8 Å². The van der Waals surface area contributed by atoms with Gasteiger partial charge in [-0.3, -0.25) is 24.0 Å². The van der Waals surface area contributed by atoms with E-state index in [1.165, 1.54) is 28.2 Å². The first kappa shape index (κ1) is 36.2. The van der Waals surface area contributed by atoms with Crippen molar-refractivity contribution in [1.82, 2.24) is 14.9 Å². The molecule has 2 heterocycles. The van der Waals surface area contributed by atoms with Crippen molar-refractivity contribution < 1.29 is 24.3 Å². The molecular weight excluding hydrogens is 699 g/mol. The van der Waals surface area contributed by atoms with Crippen molar-refractivity contribution in [2.24, 2.45) is 0 Å². The van der Waals surface area contributed by atoms with Gasteiger partial charge in [0.05, 0.1) is 33.8 Å². The number of rotatable bonds is 15. The van der Waals surface area contributed by atoms with E-state index in [0.29, 0.717) is 44.0 Å². The number of nitrogens with zero attached hydrogens (tertiary/aromatic N) is 2. The summed E-state index contributed by atoms with van der Waals surface area (Å²) in [5, 5.41) is 15.9. The number of benzene rings is 3. The highest BCUT2D eigenvalue weighted by Crippen LogP contribution is 2.37. The number of hydrogen-bond donors (Lipinski definition) is 3. The van der Waals surface area contributed by atoms with Crippen molar-refractivity contribution in [2.75, 3.05) is 5.32 Å². The van der Waals surface area contributed by atoms with Crippen LogP contribution in [0.2, 0.25) is 10.0 Å². The van der Waals surface area contributed by atoms with Gasteiger partial charge in [-0.1, -0.05) is 89.9 Å². The molecule has 0 unspecified atom stereocenters. The molecule has 10 nitrogen and oxygen atoms in total. The fourth-order valence-electron chi connectivity index (χ4n) is 5.28. The van der Waals surface area contributed by atoms with E-state index in [9.17, 15) is 29.1 Å². The second kappa shape index (κ2) is 17.0. The molecule has 3 N–H and O–H groups in total. The first-order valence-corrected chi connectivity index (χ1v) is 17.2. The van der Waals surface area contributed by atoms with E-state index < -0.39 is 42.2 Å². The van der Waals surface area contributed by atoms with Gasteiger partial charge < -0.3 is 20.3 Å². The molecule has 0 aliphatic carbocycles. The number of carbonyl (C=O) groups excluding carboxylic acids is 3. The quantitative estimate of drug-likeness (QED) is 0.116. The molecule has 3 aromatic carbocycles. The van der Waals surface area contributed by atoms with Gasteiger partial charge in [0.2, 0.25) is 11.8 Å². The smallest absolute Gasteiger partial charge is 0.305 e. The SMILES string of the molecule is O=C(O)C[C@H](NC(=O)Cn1c(Cc2ccccc2)ccc(NC(=O)CCc2ccccc2)c1=O)C(=O)Cc1ncc(-c2c(Cl)cccc2Cl)s1. The topological polar surface area (TPSA) is 147 Å². The van der Waals surface area contributed by atoms with E-state index >= 15 is 0 Å². The minimum Gasteiger partial charge on any atom is -0.481 e. The summed E-state index contributed by atoms with van der Waals surface area (Å²) < 4.78 is 1.22. The van der Waals surface area contributed by atoms with E-state index in [0.717, 1.165) is 11.1 Å². The predicted octanol–water partition coefficient (Wildman–Crippen LogP) is 6.21. The Balaban J connectivity index is 1.33. The number of carbonyl (C=O) groups is 4. The number of carboxylic acid groups (broad SMARTS) is 1. The van der Waals surface area contributed by atoms with Crippen molar-refractivity contribution in [3.05, 3.63) is 139 Å². The maximum Gasteiger partial charge on any atom is 0.305 e. The molecule has 13 heteroatoms. The number of Topliss-reactive ketones (excluding diaryl/α,β-unsaturated/α-hetero) is 1. The first-order chi connectivity index (χ1) is 24.1. The van der Waals surface area contributed by atoms with Gasteiger partial charge in [0, 0.05) is 30.3 Å². The maximum absolute atomic E-state index is 13.7. The Bertz CT molecular complexity index is 2050. The lowest BCUT2D eigenvalue weighted by molar-refractivity contribution is -0.140. The van der Waals surface area contributed by atoms with Crippen LogP contribution in [-0.4, -0.2) is 44.3 Å². The molecule has 0 saturated carbocycles. The number of aliphatic carboxylic acids is 1. The van der Waals surface area contributed by atoms with Crippen molar-refractivity contribution >= 4 is 63.8 Å². The summed E-state index contributed by atoms with van der Waals surface area (Å²) in [6.07, 6.45) is 1.51. The summed E-state index contributed by atoms with van der Waals surface area (Å²) >= 11 is 13.8. The number of aromatic nitrogens is 2. The summed E-state index contributed by atoms with van der Waals surface area (Å²) in [7, 11) is 0. The van der Waals surface area contributed by atoms with E-state index in [-0.39, 0.29) is 24.4 Å². The monoisotopic (exact) mass is 730 g/mol. The number of ketones is 1. The molecule has 2 amide bonds. The van der Waals surface area contributed by atoms with E-state index in [1.807, 2.05) is 60.7 Å². The van der Waals surface area contributed by atoms with Gasteiger partial charge in [-0.15, -0.1) is 11.3 Å². The van der Waals surface area contributed by atoms with Crippen molar-refractivity contribution in [1.29, 1.82) is 0 Å². The summed E-state index contributed by atoms with van der Waals surface area (Å²) in [5.74, 6) is -3.00. The predicted molar refractivity (Wildman–Crippen MR) is 194 cm³/mol. The van der Waals surface area contributed by atoms with E-state index in [4.69, 9.17) is 23.2 Å². The second-order valence-corrected chi connectivity index (χ2v) is 13.3. The number of thiazole rings is 1. The Morgan fingerprint density at radius 1 is 0.840 bits per heavy atom. The maximum atomic E-state index is 13.7. The zero-order valence-corrected chi connectivity index (χ0v) is 28.9. The molecule has 5 rings (SSSR count). The van der Waals surface area contributed by atoms with E-state index in [1.54, 1.807) is 24.3 Å². The molecule has 256 valence electrons. The number of pyridine rings is 1. The van der Waals surface area contributed by atoms with Crippen molar-refractivity contribution in [3.63, 3.8) is 0 Å². The Hall–Kier alpha value is -5.10. The Labute approximate surface area is 301 Å². The largest absolute Gasteiger partial charge is 0.481 e. The molecule has 0 spiro atoms. The fourth-order valence-corrected chi connectivity index (χ4v) is 6.99. The lowest BCUT2D eigenvalue weighted by Crippen LogP contribution is -2.45. The third-order valence-corrected chi connectivity index (χ3v) is 9.39. The van der Waals surface area contributed by atoms with Crippen LogP contribution in [0.5, 0.6) is 0 Å². The summed E-state index contributed by atoms with van der Waals surface area (Å²) in [5.41, 5.74) is 2.27. The number of aryl methyl sites for hydroxylation is 1.